The molecule has 0 atom stereocenters. The number of hydrazine groups is 1. The van der Waals surface area contributed by atoms with Crippen molar-refractivity contribution in [3.8, 4) is 0 Å². The lowest BCUT2D eigenvalue weighted by atomic mass is 10.3. The number of halogens is 6. The summed E-state index contributed by atoms with van der Waals surface area (Å²) in [5, 5.41) is 2.50. The highest BCUT2D eigenvalue weighted by Gasteiger charge is 2.40. The Kier molecular flexibility index (Phi) is 5.54. The minimum atomic E-state index is -5.12. The average Bonchev–Trinajstić information content (AvgIpc) is 2.38. The Balaban J connectivity index is 2.78. The Bertz CT molecular complexity index is 581. The van der Waals surface area contributed by atoms with Crippen molar-refractivity contribution in [1.82, 2.24) is 10.4 Å². The quantitative estimate of drug-likeness (QED) is 0.589. The van der Waals surface area contributed by atoms with E-state index in [-0.39, 0.29) is 20.8 Å². The minimum absolute atomic E-state index is 0.0178. The second-order valence-electron chi connectivity index (χ2n) is 3.65. The molecule has 0 unspecified atom stereocenters. The summed E-state index contributed by atoms with van der Waals surface area (Å²) in [4.78, 5) is 22.3. The molecule has 1 aromatic rings. The Morgan fingerprint density at radius 2 is 1.71 bits per heavy atom. The van der Waals surface area contributed by atoms with Gasteiger partial charge < -0.3 is 5.32 Å². The maximum atomic E-state index is 12.0. The van der Waals surface area contributed by atoms with Gasteiger partial charge in [-0.1, -0.05) is 34.8 Å². The number of carbonyl (C=O) groups is 2. The number of hydrogen-bond acceptors (Lipinski definition) is 2. The number of alkyl halides is 3. The van der Waals surface area contributed by atoms with E-state index in [0.29, 0.717) is 5.01 Å². The fourth-order valence-electron chi connectivity index (χ4n) is 1.09. The number of rotatable bonds is 1. The van der Waals surface area contributed by atoms with Crippen LogP contribution < -0.4 is 10.7 Å². The van der Waals surface area contributed by atoms with E-state index >= 15 is 0 Å². The van der Waals surface area contributed by atoms with Crippen LogP contribution in [-0.4, -0.2) is 30.2 Å². The van der Waals surface area contributed by atoms with Crippen molar-refractivity contribution < 1.29 is 22.8 Å². The van der Waals surface area contributed by atoms with Crippen molar-refractivity contribution in [1.29, 1.82) is 0 Å². The van der Waals surface area contributed by atoms with E-state index in [1.54, 1.807) is 0 Å². The van der Waals surface area contributed by atoms with E-state index in [0.717, 1.165) is 7.05 Å². The SMILES string of the molecule is CN(NC(=O)C(F)(F)F)C(=O)Nc1ccc(Cl)c(Cl)c1Cl. The molecule has 5 nitrogen and oxygen atoms in total. The summed E-state index contributed by atoms with van der Waals surface area (Å²) in [5.74, 6) is -2.29. The van der Waals surface area contributed by atoms with Gasteiger partial charge in [0, 0.05) is 7.05 Å². The Morgan fingerprint density at radius 3 is 2.24 bits per heavy atom. The summed E-state index contributed by atoms with van der Waals surface area (Å²) in [6.45, 7) is 0. The normalized spacial score (nSPS) is 11.0. The fraction of sp³-hybridized carbons (Fsp3) is 0.200. The van der Waals surface area contributed by atoms with E-state index in [2.05, 4.69) is 5.32 Å². The summed E-state index contributed by atoms with van der Waals surface area (Å²) in [6, 6.07) is 1.57. The highest BCUT2D eigenvalue weighted by molar-refractivity contribution is 6.49. The smallest absolute Gasteiger partial charge is 0.305 e. The zero-order chi connectivity index (χ0) is 16.4. The zero-order valence-corrected chi connectivity index (χ0v) is 12.5. The van der Waals surface area contributed by atoms with Crippen molar-refractivity contribution in [2.24, 2.45) is 0 Å². The van der Waals surface area contributed by atoms with Gasteiger partial charge in [-0.15, -0.1) is 0 Å². The van der Waals surface area contributed by atoms with Crippen LogP contribution in [0.25, 0.3) is 0 Å². The van der Waals surface area contributed by atoms with Gasteiger partial charge in [0.25, 0.3) is 0 Å². The molecule has 0 spiro atoms. The summed E-state index contributed by atoms with van der Waals surface area (Å²) >= 11 is 17.2. The van der Waals surface area contributed by atoms with Gasteiger partial charge in [0.15, 0.2) is 0 Å². The van der Waals surface area contributed by atoms with E-state index in [9.17, 15) is 22.8 Å². The van der Waals surface area contributed by atoms with Crippen molar-refractivity contribution in [3.05, 3.63) is 27.2 Å². The predicted molar refractivity (Wildman–Crippen MR) is 72.5 cm³/mol. The molecule has 0 fully saturated rings. The molecule has 11 heteroatoms. The first-order valence-electron chi connectivity index (χ1n) is 5.10. The topological polar surface area (TPSA) is 61.4 Å². The summed E-state index contributed by atoms with van der Waals surface area (Å²) in [7, 11) is 0.921. The van der Waals surface area contributed by atoms with Gasteiger partial charge >= 0.3 is 18.1 Å². The maximum absolute atomic E-state index is 12.0. The van der Waals surface area contributed by atoms with Crippen LogP contribution in [0.4, 0.5) is 23.7 Å². The van der Waals surface area contributed by atoms with E-state index in [4.69, 9.17) is 34.8 Å². The number of nitrogens with zero attached hydrogens (tertiary/aromatic N) is 1. The van der Waals surface area contributed by atoms with Crippen LogP contribution in [0.3, 0.4) is 0 Å². The average molecular weight is 365 g/mol. The molecule has 3 amide bonds. The number of carbonyl (C=O) groups excluding carboxylic acids is 2. The molecular weight excluding hydrogens is 357 g/mol. The van der Waals surface area contributed by atoms with Gasteiger partial charge in [0.05, 0.1) is 20.8 Å². The number of benzene rings is 1. The number of nitrogens with one attached hydrogen (secondary N) is 2. The van der Waals surface area contributed by atoms with Crippen LogP contribution in [0, 0.1) is 0 Å². The summed E-state index contributed by atoms with van der Waals surface area (Å²) in [5.41, 5.74) is 1.36. The molecule has 116 valence electrons. The van der Waals surface area contributed by atoms with Gasteiger partial charge in [-0.05, 0) is 12.1 Å². The summed E-state index contributed by atoms with van der Waals surface area (Å²) in [6.07, 6.45) is -5.12. The van der Waals surface area contributed by atoms with Gasteiger partial charge in [0.2, 0.25) is 0 Å². The molecule has 0 radical (unpaired) electrons. The van der Waals surface area contributed by atoms with Gasteiger partial charge in [-0.2, -0.15) is 13.2 Å². The minimum Gasteiger partial charge on any atom is -0.305 e. The largest absolute Gasteiger partial charge is 0.472 e. The lowest BCUT2D eigenvalue weighted by molar-refractivity contribution is -0.177. The van der Waals surface area contributed by atoms with Crippen LogP contribution in [-0.2, 0) is 4.79 Å². The zero-order valence-electron chi connectivity index (χ0n) is 10.2. The monoisotopic (exact) mass is 363 g/mol. The third kappa shape index (κ3) is 4.55. The Hall–Kier alpha value is -1.38. The Morgan fingerprint density at radius 1 is 1.14 bits per heavy atom. The number of hydrogen-bond donors (Lipinski definition) is 2. The second-order valence-corrected chi connectivity index (χ2v) is 4.81. The second kappa shape index (κ2) is 6.59. The molecule has 0 aliphatic heterocycles. The van der Waals surface area contributed by atoms with E-state index in [1.165, 1.54) is 17.6 Å². The molecule has 0 aliphatic rings. The third-order valence-corrected chi connectivity index (χ3v) is 3.40. The molecule has 0 saturated carbocycles. The van der Waals surface area contributed by atoms with Gasteiger partial charge in [0.1, 0.15) is 0 Å². The molecule has 0 bridgehead atoms. The molecule has 1 aromatic carbocycles. The van der Waals surface area contributed by atoms with E-state index < -0.39 is 18.1 Å². The summed E-state index contributed by atoms with van der Waals surface area (Å²) < 4.78 is 36.1. The molecule has 21 heavy (non-hydrogen) atoms. The van der Waals surface area contributed by atoms with Gasteiger partial charge in [-0.25, -0.2) is 9.80 Å². The highest BCUT2D eigenvalue weighted by Crippen LogP contribution is 2.35. The van der Waals surface area contributed by atoms with Crippen molar-refractivity contribution >= 4 is 52.4 Å². The Labute approximate surface area is 131 Å². The van der Waals surface area contributed by atoms with Crippen molar-refractivity contribution in [2.75, 3.05) is 12.4 Å². The number of anilines is 1. The molecular formula is C10H7Cl3F3N3O2. The van der Waals surface area contributed by atoms with Crippen LogP contribution in [0.2, 0.25) is 15.1 Å². The maximum Gasteiger partial charge on any atom is 0.472 e. The van der Waals surface area contributed by atoms with E-state index in [1.807, 2.05) is 0 Å². The van der Waals surface area contributed by atoms with Crippen LogP contribution >= 0.6 is 34.8 Å². The lowest BCUT2D eigenvalue weighted by Gasteiger charge is -2.20. The molecule has 0 aromatic heterocycles. The molecule has 0 heterocycles. The fourth-order valence-corrected chi connectivity index (χ4v) is 1.67. The van der Waals surface area contributed by atoms with Crippen LogP contribution in [0.1, 0.15) is 0 Å². The number of amides is 3. The lowest BCUT2D eigenvalue weighted by Crippen LogP contribution is -2.50. The first kappa shape index (κ1) is 17.7. The first-order valence-corrected chi connectivity index (χ1v) is 6.23. The van der Waals surface area contributed by atoms with Crippen LogP contribution in [0.5, 0.6) is 0 Å². The highest BCUT2D eigenvalue weighted by atomic mass is 35.5. The van der Waals surface area contributed by atoms with Gasteiger partial charge in [-0.3, -0.25) is 10.2 Å². The van der Waals surface area contributed by atoms with Crippen molar-refractivity contribution in [3.63, 3.8) is 0 Å². The first-order chi connectivity index (χ1) is 9.54. The third-order valence-electron chi connectivity index (χ3n) is 2.11. The van der Waals surface area contributed by atoms with Crippen LogP contribution in [0.15, 0.2) is 12.1 Å². The predicted octanol–water partition coefficient (Wildman–Crippen LogP) is 3.70. The molecule has 2 N–H and O–H groups in total. The standard InChI is InChI=1S/C10H7Cl3F3N3O2/c1-19(18-8(20)10(14,15)16)9(21)17-5-3-2-4(11)6(12)7(5)13/h2-3H,1H3,(H,17,21)(H,18,20). The molecule has 0 saturated heterocycles. The van der Waals surface area contributed by atoms with Crippen molar-refractivity contribution in [2.45, 2.75) is 6.18 Å². The number of urea groups is 1. The molecule has 0 aliphatic carbocycles. The molecule has 1 rings (SSSR count).